The van der Waals surface area contributed by atoms with Crippen LogP contribution in [0.4, 0.5) is 0 Å². The summed E-state index contributed by atoms with van der Waals surface area (Å²) in [5.74, 6) is 7.16. The van der Waals surface area contributed by atoms with Gasteiger partial charge in [-0.05, 0) is 42.5 Å². The normalized spacial score (nSPS) is 14.3. The quantitative estimate of drug-likeness (QED) is 0.319. The molecule has 0 aliphatic heterocycles. The molecule has 1 heterocycles. The fraction of sp³-hybridized carbons (Fsp3) is 0.185. The third-order valence-corrected chi connectivity index (χ3v) is 8.84. The zero-order valence-electron chi connectivity index (χ0n) is 19.8. The van der Waals surface area contributed by atoms with Crippen LogP contribution in [0.3, 0.4) is 0 Å². The van der Waals surface area contributed by atoms with Crippen LogP contribution in [0, 0.1) is 11.8 Å². The van der Waals surface area contributed by atoms with Crippen LogP contribution >= 0.6 is 0 Å². The number of methoxy groups -OCH3 is 1. The summed E-state index contributed by atoms with van der Waals surface area (Å²) in [7, 11) is -3.47. The highest BCUT2D eigenvalue weighted by atomic mass is 32.2. The van der Waals surface area contributed by atoms with E-state index in [1.807, 2.05) is 60.7 Å². The zero-order chi connectivity index (χ0) is 24.9. The number of rotatable bonds is 6. The molecule has 4 rings (SSSR count). The van der Waals surface area contributed by atoms with Crippen LogP contribution in [0.2, 0.25) is 0 Å². The molecule has 0 fully saturated rings. The molecule has 0 saturated heterocycles. The molecule has 6 nitrogen and oxygen atoms in total. The second-order valence-corrected chi connectivity index (χ2v) is 12.6. The van der Waals surface area contributed by atoms with E-state index in [1.54, 1.807) is 37.8 Å². The van der Waals surface area contributed by atoms with Crippen molar-refractivity contribution in [3.8, 4) is 17.6 Å². The lowest BCUT2D eigenvalue weighted by atomic mass is 10.1. The van der Waals surface area contributed by atoms with Gasteiger partial charge < -0.3 is 9.15 Å². The minimum atomic E-state index is -2.54. The average Bonchev–Trinajstić information content (AvgIpc) is 3.29. The molecular weight excluding hydrogens is 480 g/mol. The molecule has 0 amide bonds. The Morgan fingerprint density at radius 3 is 2.06 bits per heavy atom. The van der Waals surface area contributed by atoms with Crippen molar-refractivity contribution in [2.45, 2.75) is 16.3 Å². The van der Waals surface area contributed by atoms with Gasteiger partial charge in [0.25, 0.3) is 0 Å². The standard InChI is InChI=1S/C27H26N2O4S2/c1-32-26-18-21(11-10-16-28-34(2,30)24-12-6-4-7-13-24)17-22-19-23(33-27(22)26)20-29-35(3,31)25-14-8-5-9-15-25/h4-9,12-15,17-19H,16,20H2,1-3H3. The summed E-state index contributed by atoms with van der Waals surface area (Å²) >= 11 is 0. The van der Waals surface area contributed by atoms with Gasteiger partial charge in [0.2, 0.25) is 0 Å². The first-order valence-electron chi connectivity index (χ1n) is 10.8. The number of hydrogen-bond donors (Lipinski definition) is 0. The van der Waals surface area contributed by atoms with E-state index in [0.29, 0.717) is 26.9 Å². The van der Waals surface area contributed by atoms with Crippen molar-refractivity contribution >= 4 is 30.4 Å². The molecule has 0 radical (unpaired) electrons. The predicted octanol–water partition coefficient (Wildman–Crippen LogP) is 5.61. The minimum absolute atomic E-state index is 0.143. The van der Waals surface area contributed by atoms with Gasteiger partial charge >= 0.3 is 0 Å². The Balaban J connectivity index is 1.57. The fourth-order valence-electron chi connectivity index (χ4n) is 3.45. The van der Waals surface area contributed by atoms with E-state index in [1.165, 1.54) is 0 Å². The van der Waals surface area contributed by atoms with E-state index in [2.05, 4.69) is 20.6 Å². The van der Waals surface area contributed by atoms with Crippen molar-refractivity contribution < 1.29 is 17.6 Å². The molecular formula is C27H26N2O4S2. The Hall–Kier alpha value is -3.54. The summed E-state index contributed by atoms with van der Waals surface area (Å²) in [5, 5.41) is 0.807. The molecule has 0 aliphatic carbocycles. The topological polar surface area (TPSA) is 81.2 Å². The third-order valence-electron chi connectivity index (χ3n) is 5.30. The Labute approximate surface area is 206 Å². The highest BCUT2D eigenvalue weighted by Crippen LogP contribution is 2.31. The first-order valence-corrected chi connectivity index (χ1v) is 14.7. The van der Waals surface area contributed by atoms with Gasteiger partial charge in [-0.3, -0.25) is 0 Å². The maximum Gasteiger partial charge on any atom is 0.176 e. The SMILES string of the molecule is COc1cc(C#CCN=S(C)(=O)c2ccccc2)cc2cc(CN=S(C)(=O)c3ccccc3)oc12. The summed E-state index contributed by atoms with van der Waals surface area (Å²) in [6, 6.07) is 23.9. The molecule has 0 spiro atoms. The van der Waals surface area contributed by atoms with Crippen molar-refractivity contribution in [3.63, 3.8) is 0 Å². The second-order valence-electron chi connectivity index (χ2n) is 7.92. The number of fused-ring (bicyclic) bond motifs is 1. The predicted molar refractivity (Wildman–Crippen MR) is 141 cm³/mol. The highest BCUT2D eigenvalue weighted by molar-refractivity contribution is 7.93. The first-order chi connectivity index (χ1) is 16.8. The van der Waals surface area contributed by atoms with Crippen molar-refractivity contribution in [2.24, 2.45) is 8.73 Å². The summed E-state index contributed by atoms with van der Waals surface area (Å²) < 4.78 is 45.9. The monoisotopic (exact) mass is 506 g/mol. The van der Waals surface area contributed by atoms with Crippen LogP contribution in [0.5, 0.6) is 5.75 Å². The Morgan fingerprint density at radius 1 is 0.857 bits per heavy atom. The van der Waals surface area contributed by atoms with Gasteiger partial charge in [0.1, 0.15) is 18.8 Å². The molecule has 2 atom stereocenters. The molecule has 4 aromatic rings. The molecule has 3 aromatic carbocycles. The third kappa shape index (κ3) is 5.94. The van der Waals surface area contributed by atoms with Crippen LogP contribution in [0.15, 0.2) is 102 Å². The summed E-state index contributed by atoms with van der Waals surface area (Å²) in [6.07, 6.45) is 3.24. The highest BCUT2D eigenvalue weighted by Gasteiger charge is 2.12. The molecule has 180 valence electrons. The lowest BCUT2D eigenvalue weighted by Crippen LogP contribution is -1.98. The minimum Gasteiger partial charge on any atom is -0.493 e. The molecule has 8 heteroatoms. The van der Waals surface area contributed by atoms with Gasteiger partial charge in [0.05, 0.1) is 26.6 Å². The van der Waals surface area contributed by atoms with Crippen molar-refractivity contribution in [2.75, 3.05) is 26.2 Å². The zero-order valence-corrected chi connectivity index (χ0v) is 21.4. The molecule has 0 N–H and O–H groups in total. The average molecular weight is 507 g/mol. The van der Waals surface area contributed by atoms with E-state index in [-0.39, 0.29) is 13.1 Å². The van der Waals surface area contributed by atoms with Crippen LogP contribution in [-0.4, -0.2) is 34.6 Å². The van der Waals surface area contributed by atoms with Crippen molar-refractivity contribution in [1.82, 2.24) is 0 Å². The van der Waals surface area contributed by atoms with E-state index in [4.69, 9.17) is 9.15 Å². The molecule has 0 bridgehead atoms. The lowest BCUT2D eigenvalue weighted by Gasteiger charge is -2.03. The van der Waals surface area contributed by atoms with E-state index < -0.39 is 19.5 Å². The van der Waals surface area contributed by atoms with Crippen molar-refractivity contribution in [3.05, 3.63) is 90.2 Å². The van der Waals surface area contributed by atoms with Gasteiger partial charge in [0, 0.05) is 33.3 Å². The summed E-state index contributed by atoms with van der Waals surface area (Å²) in [6.45, 7) is 0.316. The smallest absolute Gasteiger partial charge is 0.176 e. The first kappa shape index (κ1) is 24.6. The molecule has 2 unspecified atom stereocenters. The lowest BCUT2D eigenvalue weighted by molar-refractivity contribution is 0.407. The number of nitrogens with zero attached hydrogens (tertiary/aromatic N) is 2. The largest absolute Gasteiger partial charge is 0.493 e. The molecule has 0 saturated carbocycles. The van der Waals surface area contributed by atoms with E-state index >= 15 is 0 Å². The number of hydrogen-bond acceptors (Lipinski definition) is 6. The van der Waals surface area contributed by atoms with Crippen LogP contribution < -0.4 is 4.74 Å². The summed E-state index contributed by atoms with van der Waals surface area (Å²) in [5.41, 5.74) is 1.30. The number of benzene rings is 3. The van der Waals surface area contributed by atoms with Gasteiger partial charge in [-0.2, -0.15) is 0 Å². The van der Waals surface area contributed by atoms with Crippen LogP contribution in [0.25, 0.3) is 11.0 Å². The van der Waals surface area contributed by atoms with E-state index in [9.17, 15) is 8.42 Å². The van der Waals surface area contributed by atoms with Gasteiger partial charge in [-0.25, -0.2) is 17.1 Å². The number of furan rings is 1. The fourth-order valence-corrected chi connectivity index (χ4v) is 5.76. The molecule has 0 aliphatic rings. The van der Waals surface area contributed by atoms with Crippen LogP contribution in [0.1, 0.15) is 11.3 Å². The maximum atomic E-state index is 13.0. The number of ether oxygens (including phenoxy) is 1. The van der Waals surface area contributed by atoms with Crippen LogP contribution in [-0.2, 0) is 26.0 Å². The molecule has 35 heavy (non-hydrogen) atoms. The van der Waals surface area contributed by atoms with Gasteiger partial charge in [0.15, 0.2) is 11.3 Å². The maximum absolute atomic E-state index is 13.0. The molecule has 1 aromatic heterocycles. The second kappa shape index (κ2) is 10.4. The Kier molecular flexibility index (Phi) is 7.29. The van der Waals surface area contributed by atoms with Gasteiger partial charge in [-0.15, -0.1) is 0 Å². The Morgan fingerprint density at radius 2 is 1.46 bits per heavy atom. The van der Waals surface area contributed by atoms with E-state index in [0.717, 1.165) is 10.9 Å². The van der Waals surface area contributed by atoms with Gasteiger partial charge in [-0.1, -0.05) is 48.2 Å². The Bertz CT molecular complexity index is 1650. The summed E-state index contributed by atoms with van der Waals surface area (Å²) in [4.78, 5) is 1.37. The van der Waals surface area contributed by atoms with Crippen molar-refractivity contribution in [1.29, 1.82) is 0 Å².